The number of rotatable bonds is 4. The van der Waals surface area contributed by atoms with Gasteiger partial charge >= 0.3 is 0 Å². The molecule has 13 heavy (non-hydrogen) atoms. The average Bonchev–Trinajstić information content (AvgIpc) is 2.41. The zero-order valence-corrected chi connectivity index (χ0v) is 8.62. The van der Waals surface area contributed by atoms with Gasteiger partial charge in [-0.05, 0) is 40.2 Å². The Kier molecular flexibility index (Phi) is 3.42. The second-order valence-corrected chi connectivity index (χ2v) is 3.43. The highest BCUT2D eigenvalue weighted by atomic mass is 15.4. The van der Waals surface area contributed by atoms with E-state index >= 15 is 0 Å². The van der Waals surface area contributed by atoms with Crippen LogP contribution in [0.4, 0.5) is 0 Å². The number of hydrogen-bond donors (Lipinski definition) is 1. The smallest absolute Gasteiger partial charge is 0.147 e. The summed E-state index contributed by atoms with van der Waals surface area (Å²) in [6.45, 7) is 6.80. The van der Waals surface area contributed by atoms with E-state index in [1.807, 2.05) is 18.5 Å². The predicted octanol–water partition coefficient (Wildman–Crippen LogP) is 1.19. The zero-order valence-electron chi connectivity index (χ0n) is 8.62. The molecule has 0 aliphatic carbocycles. The summed E-state index contributed by atoms with van der Waals surface area (Å²) in [5, 5.41) is 4.33. The van der Waals surface area contributed by atoms with Crippen molar-refractivity contribution in [3.63, 3.8) is 0 Å². The molecule has 1 aromatic heterocycles. The van der Waals surface area contributed by atoms with E-state index in [1.165, 1.54) is 0 Å². The molecule has 0 aliphatic heterocycles. The van der Waals surface area contributed by atoms with E-state index in [2.05, 4.69) is 17.0 Å². The summed E-state index contributed by atoms with van der Waals surface area (Å²) < 4.78 is 1.98. The quantitative estimate of drug-likeness (QED) is 0.761. The van der Waals surface area contributed by atoms with Crippen LogP contribution in [0.3, 0.4) is 0 Å². The van der Waals surface area contributed by atoms with Gasteiger partial charge in [-0.3, -0.25) is 0 Å². The molecule has 1 heterocycles. The van der Waals surface area contributed by atoms with Crippen molar-refractivity contribution in [2.24, 2.45) is 5.73 Å². The molecule has 4 heteroatoms. The van der Waals surface area contributed by atoms with Gasteiger partial charge in [0.2, 0.25) is 0 Å². The molecular formula is C9H18N4. The Bertz CT molecular complexity index is 267. The lowest BCUT2D eigenvalue weighted by Gasteiger charge is -2.11. The molecule has 0 aromatic carbocycles. The average molecular weight is 182 g/mol. The first-order valence-electron chi connectivity index (χ1n) is 4.75. The summed E-state index contributed by atoms with van der Waals surface area (Å²) in [4.78, 5) is 4.26. The Morgan fingerprint density at radius 3 is 2.62 bits per heavy atom. The molecule has 0 aliphatic rings. The molecule has 0 spiro atoms. The van der Waals surface area contributed by atoms with Crippen LogP contribution in [0.25, 0.3) is 0 Å². The van der Waals surface area contributed by atoms with Crippen LogP contribution in [0.1, 0.15) is 37.5 Å². The first-order chi connectivity index (χ1) is 6.15. The maximum Gasteiger partial charge on any atom is 0.147 e. The van der Waals surface area contributed by atoms with Crippen molar-refractivity contribution >= 4 is 0 Å². The van der Waals surface area contributed by atoms with E-state index in [0.29, 0.717) is 6.04 Å². The predicted molar refractivity (Wildman–Crippen MR) is 52.5 cm³/mol. The van der Waals surface area contributed by atoms with Gasteiger partial charge in [-0.1, -0.05) is 0 Å². The Morgan fingerprint density at radius 2 is 2.15 bits per heavy atom. The lowest BCUT2D eigenvalue weighted by atomic mass is 10.2. The Hall–Kier alpha value is -0.900. The van der Waals surface area contributed by atoms with E-state index in [9.17, 15) is 0 Å². The van der Waals surface area contributed by atoms with Crippen LogP contribution in [0, 0.1) is 13.8 Å². The van der Waals surface area contributed by atoms with Crippen molar-refractivity contribution in [1.82, 2.24) is 14.8 Å². The summed E-state index contributed by atoms with van der Waals surface area (Å²) in [5.41, 5.74) is 5.45. The van der Waals surface area contributed by atoms with Gasteiger partial charge in [-0.25, -0.2) is 9.67 Å². The third-order valence-electron chi connectivity index (χ3n) is 2.15. The van der Waals surface area contributed by atoms with Crippen molar-refractivity contribution < 1.29 is 0 Å². The molecular weight excluding hydrogens is 164 g/mol. The molecule has 74 valence electrons. The largest absolute Gasteiger partial charge is 0.330 e. The number of nitrogens with two attached hydrogens (primary N) is 1. The van der Waals surface area contributed by atoms with E-state index < -0.39 is 0 Å². The zero-order chi connectivity index (χ0) is 9.84. The molecule has 0 fully saturated rings. The highest BCUT2D eigenvalue weighted by Gasteiger charge is 2.09. The molecule has 4 nitrogen and oxygen atoms in total. The van der Waals surface area contributed by atoms with Crippen LogP contribution >= 0.6 is 0 Å². The second-order valence-electron chi connectivity index (χ2n) is 3.43. The Labute approximate surface area is 79.2 Å². The molecule has 1 rings (SSSR count). The molecule has 0 saturated heterocycles. The topological polar surface area (TPSA) is 56.7 Å². The second kappa shape index (κ2) is 4.37. The molecule has 0 saturated carbocycles. The number of nitrogens with zero attached hydrogens (tertiary/aromatic N) is 3. The number of hydrogen-bond acceptors (Lipinski definition) is 3. The summed E-state index contributed by atoms with van der Waals surface area (Å²) in [7, 11) is 0. The van der Waals surface area contributed by atoms with Crippen molar-refractivity contribution in [3.05, 3.63) is 11.6 Å². The first-order valence-corrected chi connectivity index (χ1v) is 4.75. The van der Waals surface area contributed by atoms with Crippen LogP contribution in [0.2, 0.25) is 0 Å². The van der Waals surface area contributed by atoms with Crippen LogP contribution in [0.5, 0.6) is 0 Å². The van der Waals surface area contributed by atoms with Crippen LogP contribution in [-0.2, 0) is 0 Å². The Morgan fingerprint density at radius 1 is 1.46 bits per heavy atom. The summed E-state index contributed by atoms with van der Waals surface area (Å²) in [5.74, 6) is 1.83. The van der Waals surface area contributed by atoms with E-state index in [4.69, 9.17) is 5.73 Å². The summed E-state index contributed by atoms with van der Waals surface area (Å²) in [6, 6.07) is 0.407. The van der Waals surface area contributed by atoms with Gasteiger partial charge in [-0.2, -0.15) is 5.10 Å². The van der Waals surface area contributed by atoms with Crippen molar-refractivity contribution in [2.75, 3.05) is 6.54 Å². The molecule has 1 atom stereocenters. The van der Waals surface area contributed by atoms with Gasteiger partial charge in [-0.15, -0.1) is 0 Å². The third kappa shape index (κ3) is 2.52. The van der Waals surface area contributed by atoms with Crippen LogP contribution < -0.4 is 5.73 Å². The highest BCUT2D eigenvalue weighted by Crippen LogP contribution is 2.13. The normalized spacial score (nSPS) is 13.2. The standard InChI is InChI=1S/C9H18N4/c1-7(5-4-6-10)13-9(3)11-8(2)12-13/h7H,4-6,10H2,1-3H3. The molecule has 0 amide bonds. The van der Waals surface area contributed by atoms with Crippen LogP contribution in [0.15, 0.2) is 0 Å². The van der Waals surface area contributed by atoms with Gasteiger partial charge in [0.1, 0.15) is 11.6 Å². The first kappa shape index (κ1) is 10.2. The summed E-state index contributed by atoms with van der Waals surface area (Å²) in [6.07, 6.45) is 2.11. The van der Waals surface area contributed by atoms with Crippen molar-refractivity contribution in [2.45, 2.75) is 39.7 Å². The monoisotopic (exact) mass is 182 g/mol. The van der Waals surface area contributed by atoms with E-state index in [0.717, 1.165) is 31.0 Å². The van der Waals surface area contributed by atoms with Gasteiger partial charge in [0, 0.05) is 0 Å². The van der Waals surface area contributed by atoms with Gasteiger partial charge in [0.15, 0.2) is 0 Å². The fourth-order valence-corrected chi connectivity index (χ4v) is 1.49. The third-order valence-corrected chi connectivity index (χ3v) is 2.15. The fourth-order valence-electron chi connectivity index (χ4n) is 1.49. The minimum absolute atomic E-state index is 0.407. The van der Waals surface area contributed by atoms with Gasteiger partial charge in [0.25, 0.3) is 0 Å². The number of aryl methyl sites for hydroxylation is 2. The van der Waals surface area contributed by atoms with Gasteiger partial charge in [0.05, 0.1) is 6.04 Å². The minimum atomic E-state index is 0.407. The van der Waals surface area contributed by atoms with E-state index in [-0.39, 0.29) is 0 Å². The number of aromatic nitrogens is 3. The lowest BCUT2D eigenvalue weighted by Crippen LogP contribution is -2.11. The SMILES string of the molecule is Cc1nc(C)n(C(C)CCCN)n1. The maximum atomic E-state index is 5.45. The summed E-state index contributed by atoms with van der Waals surface area (Å²) >= 11 is 0. The van der Waals surface area contributed by atoms with Crippen molar-refractivity contribution in [3.8, 4) is 0 Å². The minimum Gasteiger partial charge on any atom is -0.330 e. The highest BCUT2D eigenvalue weighted by molar-refractivity contribution is 4.89. The van der Waals surface area contributed by atoms with E-state index in [1.54, 1.807) is 0 Å². The van der Waals surface area contributed by atoms with Crippen molar-refractivity contribution in [1.29, 1.82) is 0 Å². The molecule has 0 bridgehead atoms. The fraction of sp³-hybridized carbons (Fsp3) is 0.778. The molecule has 0 radical (unpaired) electrons. The molecule has 1 unspecified atom stereocenters. The Balaban J connectivity index is 2.64. The van der Waals surface area contributed by atoms with Gasteiger partial charge < -0.3 is 5.73 Å². The van der Waals surface area contributed by atoms with Crippen LogP contribution in [-0.4, -0.2) is 21.3 Å². The molecule has 2 N–H and O–H groups in total. The molecule has 1 aromatic rings. The lowest BCUT2D eigenvalue weighted by molar-refractivity contribution is 0.437. The maximum absolute atomic E-state index is 5.45.